The van der Waals surface area contributed by atoms with E-state index in [4.69, 9.17) is 4.74 Å². The number of non-ortho nitro benzene ring substituents is 1. The number of alkyl halides is 1. The Balaban J connectivity index is 2.35. The second kappa shape index (κ2) is 6.01. The molecule has 6 nitrogen and oxygen atoms in total. The van der Waals surface area contributed by atoms with Crippen molar-refractivity contribution in [1.29, 1.82) is 0 Å². The van der Waals surface area contributed by atoms with Gasteiger partial charge >= 0.3 is 0 Å². The maximum atomic E-state index is 10.9. The summed E-state index contributed by atoms with van der Waals surface area (Å²) in [5.74, 6) is 0.674. The number of hydrogen-bond acceptors (Lipinski definition) is 5. The second-order valence-corrected chi connectivity index (χ2v) is 4.93. The highest BCUT2D eigenvalue weighted by Crippen LogP contribution is 2.35. The molecule has 1 aromatic rings. The maximum Gasteiger partial charge on any atom is 0.270 e. The van der Waals surface area contributed by atoms with Crippen LogP contribution in [0.2, 0.25) is 0 Å². The van der Waals surface area contributed by atoms with E-state index in [2.05, 4.69) is 21.0 Å². The zero-order valence-corrected chi connectivity index (χ0v) is 12.0. The van der Waals surface area contributed by atoms with E-state index in [-0.39, 0.29) is 11.7 Å². The maximum absolute atomic E-state index is 10.9. The highest BCUT2D eigenvalue weighted by Gasteiger charge is 2.25. The summed E-state index contributed by atoms with van der Waals surface area (Å²) in [6.45, 7) is 0.516. The van der Waals surface area contributed by atoms with Gasteiger partial charge in [-0.2, -0.15) is 5.10 Å². The van der Waals surface area contributed by atoms with Gasteiger partial charge in [-0.1, -0.05) is 15.9 Å². The van der Waals surface area contributed by atoms with E-state index in [0.29, 0.717) is 17.7 Å². The summed E-state index contributed by atoms with van der Waals surface area (Å²) < 4.78 is 5.63. The van der Waals surface area contributed by atoms with Gasteiger partial charge in [0.25, 0.3) is 5.69 Å². The predicted molar refractivity (Wildman–Crippen MR) is 76.0 cm³/mol. The number of nitrogens with zero attached hydrogens (tertiary/aromatic N) is 3. The third-order valence-corrected chi connectivity index (χ3v) is 3.27. The van der Waals surface area contributed by atoms with Crippen LogP contribution < -0.4 is 4.74 Å². The van der Waals surface area contributed by atoms with Crippen LogP contribution in [0.5, 0.6) is 5.75 Å². The van der Waals surface area contributed by atoms with Crippen LogP contribution in [0.1, 0.15) is 18.0 Å². The summed E-state index contributed by atoms with van der Waals surface area (Å²) in [6.07, 6.45) is 2.53. The van der Waals surface area contributed by atoms with Gasteiger partial charge in [-0.25, -0.2) is 0 Å². The highest BCUT2D eigenvalue weighted by molar-refractivity contribution is 9.09. The lowest BCUT2D eigenvalue weighted by atomic mass is 10.0. The monoisotopic (exact) mass is 327 g/mol. The van der Waals surface area contributed by atoms with E-state index in [0.717, 1.165) is 12.0 Å². The average molecular weight is 328 g/mol. The Morgan fingerprint density at radius 1 is 1.63 bits per heavy atom. The lowest BCUT2D eigenvalue weighted by Gasteiger charge is -2.21. The first-order valence-corrected chi connectivity index (χ1v) is 6.98. The molecule has 1 aliphatic heterocycles. The van der Waals surface area contributed by atoms with Gasteiger partial charge in [0.1, 0.15) is 5.75 Å². The first-order chi connectivity index (χ1) is 9.13. The molecule has 0 amide bonds. The van der Waals surface area contributed by atoms with E-state index in [1.54, 1.807) is 23.4 Å². The molecule has 1 aromatic carbocycles. The van der Waals surface area contributed by atoms with Crippen molar-refractivity contribution >= 4 is 27.8 Å². The Hall–Kier alpha value is -1.63. The predicted octanol–water partition coefficient (Wildman–Crippen LogP) is 2.73. The molecule has 0 aromatic heterocycles. The normalized spacial score (nSPS) is 17.8. The molecule has 1 aliphatic rings. The SMILES string of the molecule is CN1N=CCC1c1cc([N+](=O)[O-])ccc1OCCBr. The minimum atomic E-state index is -0.395. The molecule has 2 rings (SSSR count). The van der Waals surface area contributed by atoms with Crippen molar-refractivity contribution in [2.45, 2.75) is 12.5 Å². The van der Waals surface area contributed by atoms with Crippen molar-refractivity contribution in [1.82, 2.24) is 5.01 Å². The fraction of sp³-hybridized carbons (Fsp3) is 0.417. The van der Waals surface area contributed by atoms with E-state index < -0.39 is 4.92 Å². The van der Waals surface area contributed by atoms with E-state index in [1.807, 2.05) is 7.05 Å². The van der Waals surface area contributed by atoms with Crippen LogP contribution in [0.15, 0.2) is 23.3 Å². The van der Waals surface area contributed by atoms with Gasteiger partial charge in [0.05, 0.1) is 17.6 Å². The number of nitro benzene ring substituents is 1. The Bertz CT molecular complexity index is 507. The molecule has 0 saturated carbocycles. The van der Waals surface area contributed by atoms with Crippen LogP contribution in [0.4, 0.5) is 5.69 Å². The van der Waals surface area contributed by atoms with Gasteiger partial charge in [0.15, 0.2) is 0 Å². The molecule has 1 unspecified atom stereocenters. The molecule has 0 aliphatic carbocycles. The summed E-state index contributed by atoms with van der Waals surface area (Å²) >= 11 is 3.30. The highest BCUT2D eigenvalue weighted by atomic mass is 79.9. The lowest BCUT2D eigenvalue weighted by Crippen LogP contribution is -2.15. The molecule has 0 fully saturated rings. The first-order valence-electron chi connectivity index (χ1n) is 5.86. The molecule has 0 spiro atoms. The van der Waals surface area contributed by atoms with E-state index in [1.165, 1.54) is 6.07 Å². The zero-order valence-electron chi connectivity index (χ0n) is 10.5. The Morgan fingerprint density at radius 3 is 3.00 bits per heavy atom. The van der Waals surface area contributed by atoms with E-state index >= 15 is 0 Å². The quantitative estimate of drug-likeness (QED) is 0.473. The van der Waals surface area contributed by atoms with Crippen LogP contribution in [0.3, 0.4) is 0 Å². The van der Waals surface area contributed by atoms with Gasteiger partial charge in [0.2, 0.25) is 0 Å². The molecule has 102 valence electrons. The Labute approximate surface area is 119 Å². The standard InChI is InChI=1S/C12H14BrN3O3/c1-15-11(4-6-14-15)10-8-9(16(17)18)2-3-12(10)19-7-5-13/h2-3,6,8,11H,4-5,7H2,1H3. The molecular weight excluding hydrogens is 314 g/mol. The number of halogens is 1. The van der Waals surface area contributed by atoms with Gasteiger partial charge in [0, 0.05) is 42.7 Å². The number of rotatable bonds is 5. The fourth-order valence-electron chi connectivity index (χ4n) is 2.03. The van der Waals surface area contributed by atoms with Gasteiger partial charge in [-0.3, -0.25) is 15.1 Å². The van der Waals surface area contributed by atoms with Crippen molar-refractivity contribution in [3.8, 4) is 5.75 Å². The number of hydrogen-bond donors (Lipinski definition) is 0. The van der Waals surface area contributed by atoms with Crippen LogP contribution in [0, 0.1) is 10.1 Å². The van der Waals surface area contributed by atoms with Gasteiger partial charge in [-0.05, 0) is 6.07 Å². The molecule has 1 atom stereocenters. The average Bonchev–Trinajstić information content (AvgIpc) is 2.82. The van der Waals surface area contributed by atoms with Gasteiger partial charge in [-0.15, -0.1) is 0 Å². The second-order valence-electron chi connectivity index (χ2n) is 4.14. The first kappa shape index (κ1) is 13.8. The summed E-state index contributed by atoms with van der Waals surface area (Å²) in [6, 6.07) is 4.68. The summed E-state index contributed by atoms with van der Waals surface area (Å²) in [5, 5.41) is 17.6. The van der Waals surface area contributed by atoms with Gasteiger partial charge < -0.3 is 4.74 Å². The van der Waals surface area contributed by atoms with Crippen LogP contribution in [-0.2, 0) is 0 Å². The molecule has 0 saturated heterocycles. The van der Waals surface area contributed by atoms with Crippen molar-refractivity contribution in [3.05, 3.63) is 33.9 Å². The molecule has 0 bridgehead atoms. The number of ether oxygens (including phenoxy) is 1. The minimum absolute atomic E-state index is 0.00905. The van der Waals surface area contributed by atoms with Crippen molar-refractivity contribution in [2.24, 2.45) is 5.10 Å². The number of hydrazone groups is 1. The smallest absolute Gasteiger partial charge is 0.270 e. The van der Waals surface area contributed by atoms with Crippen molar-refractivity contribution in [2.75, 3.05) is 19.0 Å². The summed E-state index contributed by atoms with van der Waals surface area (Å²) in [5.41, 5.74) is 0.872. The number of benzene rings is 1. The van der Waals surface area contributed by atoms with Crippen LogP contribution in [-0.4, -0.2) is 35.1 Å². The Kier molecular flexibility index (Phi) is 4.36. The van der Waals surface area contributed by atoms with Crippen molar-refractivity contribution < 1.29 is 9.66 Å². The van der Waals surface area contributed by atoms with E-state index in [9.17, 15) is 10.1 Å². The fourth-order valence-corrected chi connectivity index (χ4v) is 2.19. The van der Waals surface area contributed by atoms with Crippen LogP contribution >= 0.6 is 15.9 Å². The molecular formula is C12H14BrN3O3. The minimum Gasteiger partial charge on any atom is -0.492 e. The summed E-state index contributed by atoms with van der Waals surface area (Å²) in [7, 11) is 1.85. The molecule has 1 heterocycles. The molecule has 0 radical (unpaired) electrons. The topological polar surface area (TPSA) is 68.0 Å². The zero-order chi connectivity index (χ0) is 13.8. The largest absolute Gasteiger partial charge is 0.492 e. The third kappa shape index (κ3) is 3.04. The molecule has 19 heavy (non-hydrogen) atoms. The van der Waals surface area contributed by atoms with Crippen molar-refractivity contribution in [3.63, 3.8) is 0 Å². The molecule has 0 N–H and O–H groups in total. The molecule has 7 heteroatoms. The lowest BCUT2D eigenvalue weighted by molar-refractivity contribution is -0.385. The van der Waals surface area contributed by atoms with Crippen LogP contribution in [0.25, 0.3) is 0 Å². The summed E-state index contributed by atoms with van der Waals surface area (Å²) in [4.78, 5) is 10.5. The Morgan fingerprint density at radius 2 is 2.42 bits per heavy atom. The number of nitro groups is 1. The third-order valence-electron chi connectivity index (χ3n) is 2.94.